The predicted octanol–water partition coefficient (Wildman–Crippen LogP) is 5.25. The number of carboxylic acids is 1. The first-order valence-electron chi connectivity index (χ1n) is 9.30. The van der Waals surface area contributed by atoms with Crippen LogP contribution in [0.2, 0.25) is 0 Å². The molecule has 138 valence electrons. The Balaban J connectivity index is 1.97. The highest BCUT2D eigenvalue weighted by Gasteiger charge is 2.42. The third kappa shape index (κ3) is 3.59. The molecule has 1 N–H and O–H groups in total. The molecule has 2 aromatic carbocycles. The highest BCUT2D eigenvalue weighted by Crippen LogP contribution is 2.42. The van der Waals surface area contributed by atoms with E-state index in [1.165, 1.54) is 6.07 Å². The number of hydrogen-bond donors (Lipinski definition) is 1. The first-order valence-corrected chi connectivity index (χ1v) is 9.30. The Hall–Kier alpha value is -2.36. The summed E-state index contributed by atoms with van der Waals surface area (Å²) in [7, 11) is 0. The maximum atomic E-state index is 14.8. The normalized spacial score (nSPS) is 16.2. The molecule has 0 atom stereocenters. The molecule has 3 nitrogen and oxygen atoms in total. The lowest BCUT2D eigenvalue weighted by molar-refractivity contribution is -0.145. The number of hydrogen-bond acceptors (Lipinski definition) is 2. The van der Waals surface area contributed by atoms with Gasteiger partial charge in [0.1, 0.15) is 18.2 Å². The van der Waals surface area contributed by atoms with Crippen LogP contribution in [0.3, 0.4) is 0 Å². The van der Waals surface area contributed by atoms with Crippen molar-refractivity contribution in [1.29, 1.82) is 0 Å². The van der Waals surface area contributed by atoms with Gasteiger partial charge in [0.15, 0.2) is 0 Å². The molecule has 0 aromatic heterocycles. The molecule has 0 aliphatic heterocycles. The summed E-state index contributed by atoms with van der Waals surface area (Å²) in [4.78, 5) is 12.1. The molecule has 0 spiro atoms. The topological polar surface area (TPSA) is 46.5 Å². The Morgan fingerprint density at radius 3 is 2.46 bits per heavy atom. The molecule has 0 radical (unpaired) electrons. The largest absolute Gasteiger partial charge is 0.489 e. The van der Waals surface area contributed by atoms with Crippen molar-refractivity contribution in [1.82, 2.24) is 0 Å². The van der Waals surface area contributed by atoms with Crippen LogP contribution in [-0.2, 0) is 23.2 Å². The minimum absolute atomic E-state index is 0.330. The highest BCUT2D eigenvalue weighted by atomic mass is 19.1. The number of carbonyl (C=O) groups is 1. The van der Waals surface area contributed by atoms with E-state index >= 15 is 0 Å². The molecule has 1 fully saturated rings. The molecule has 26 heavy (non-hydrogen) atoms. The van der Waals surface area contributed by atoms with E-state index in [1.54, 1.807) is 6.07 Å². The summed E-state index contributed by atoms with van der Waals surface area (Å²) in [6.07, 6.45) is 4.32. The SMILES string of the molecule is CCc1c(F)cc(C2(C(=O)O)CCCCC2)cc1OCc1ccccc1. The smallest absolute Gasteiger partial charge is 0.314 e. The lowest BCUT2D eigenvalue weighted by Gasteiger charge is -2.34. The number of aliphatic carboxylic acids is 1. The van der Waals surface area contributed by atoms with Gasteiger partial charge in [-0.15, -0.1) is 0 Å². The summed E-state index contributed by atoms with van der Waals surface area (Å²) < 4.78 is 20.7. The Morgan fingerprint density at radius 2 is 1.85 bits per heavy atom. The summed E-state index contributed by atoms with van der Waals surface area (Å²) in [5.74, 6) is -0.785. The molecule has 0 heterocycles. The molecule has 0 saturated heterocycles. The molecular weight excluding hydrogens is 331 g/mol. The highest BCUT2D eigenvalue weighted by molar-refractivity contribution is 5.81. The number of carboxylic acid groups (broad SMARTS) is 1. The van der Waals surface area contributed by atoms with Crippen molar-refractivity contribution in [2.24, 2.45) is 0 Å². The number of halogens is 1. The van der Waals surface area contributed by atoms with Gasteiger partial charge in [-0.1, -0.05) is 56.5 Å². The quantitative estimate of drug-likeness (QED) is 0.768. The molecule has 1 aliphatic rings. The Morgan fingerprint density at radius 1 is 1.15 bits per heavy atom. The van der Waals surface area contributed by atoms with Gasteiger partial charge in [0.2, 0.25) is 0 Å². The van der Waals surface area contributed by atoms with Gasteiger partial charge in [-0.25, -0.2) is 4.39 Å². The van der Waals surface area contributed by atoms with Gasteiger partial charge in [-0.2, -0.15) is 0 Å². The average molecular weight is 356 g/mol. The molecule has 0 unspecified atom stereocenters. The average Bonchev–Trinajstić information content (AvgIpc) is 2.67. The molecule has 0 amide bonds. The van der Waals surface area contributed by atoms with Crippen molar-refractivity contribution in [2.75, 3.05) is 0 Å². The van der Waals surface area contributed by atoms with Gasteiger partial charge in [0.05, 0.1) is 5.41 Å². The summed E-state index contributed by atoms with van der Waals surface area (Å²) in [6.45, 7) is 2.21. The van der Waals surface area contributed by atoms with E-state index in [9.17, 15) is 14.3 Å². The van der Waals surface area contributed by atoms with E-state index in [2.05, 4.69) is 0 Å². The second-order valence-corrected chi connectivity index (χ2v) is 7.01. The van der Waals surface area contributed by atoms with Crippen molar-refractivity contribution >= 4 is 5.97 Å². The van der Waals surface area contributed by atoms with Crippen molar-refractivity contribution in [3.05, 3.63) is 65.0 Å². The van der Waals surface area contributed by atoms with Gasteiger partial charge in [-0.05, 0) is 42.5 Å². The van der Waals surface area contributed by atoms with Gasteiger partial charge in [-0.3, -0.25) is 4.79 Å². The fourth-order valence-electron chi connectivity index (χ4n) is 3.88. The van der Waals surface area contributed by atoms with E-state index in [-0.39, 0.29) is 5.82 Å². The van der Waals surface area contributed by atoms with Crippen molar-refractivity contribution in [3.63, 3.8) is 0 Å². The van der Waals surface area contributed by atoms with Crippen LogP contribution < -0.4 is 4.74 Å². The Labute approximate surface area is 153 Å². The fourth-order valence-corrected chi connectivity index (χ4v) is 3.88. The van der Waals surface area contributed by atoms with Crippen LogP contribution in [0, 0.1) is 5.82 Å². The lowest BCUT2D eigenvalue weighted by Crippen LogP contribution is -2.38. The minimum atomic E-state index is -1.00. The van der Waals surface area contributed by atoms with Gasteiger partial charge < -0.3 is 9.84 Å². The molecule has 3 rings (SSSR count). The third-order valence-electron chi connectivity index (χ3n) is 5.41. The monoisotopic (exact) mass is 356 g/mol. The van der Waals surface area contributed by atoms with Crippen LogP contribution >= 0.6 is 0 Å². The van der Waals surface area contributed by atoms with Crippen LogP contribution in [-0.4, -0.2) is 11.1 Å². The summed E-state index contributed by atoms with van der Waals surface area (Å²) >= 11 is 0. The molecule has 1 aliphatic carbocycles. The molecule has 0 bridgehead atoms. The predicted molar refractivity (Wildman–Crippen MR) is 99.0 cm³/mol. The maximum Gasteiger partial charge on any atom is 0.314 e. The lowest BCUT2D eigenvalue weighted by atomic mass is 9.69. The van der Waals surface area contributed by atoms with Gasteiger partial charge in [0, 0.05) is 5.56 Å². The van der Waals surface area contributed by atoms with Gasteiger partial charge in [0.25, 0.3) is 0 Å². The van der Waals surface area contributed by atoms with Crippen molar-refractivity contribution in [3.8, 4) is 5.75 Å². The molecular formula is C22H25FO3. The zero-order valence-electron chi connectivity index (χ0n) is 15.1. The van der Waals surface area contributed by atoms with Crippen LogP contribution in [0.4, 0.5) is 4.39 Å². The van der Waals surface area contributed by atoms with Crippen molar-refractivity contribution < 1.29 is 19.0 Å². The number of benzene rings is 2. The second kappa shape index (κ2) is 7.90. The van der Waals surface area contributed by atoms with Crippen molar-refractivity contribution in [2.45, 2.75) is 57.5 Å². The first-order chi connectivity index (χ1) is 12.6. The van der Waals surface area contributed by atoms with E-state index in [0.29, 0.717) is 42.7 Å². The Kier molecular flexibility index (Phi) is 5.60. The standard InChI is InChI=1S/C22H25FO3/c1-2-18-19(23)13-17(22(21(24)25)11-7-4-8-12-22)14-20(18)26-15-16-9-5-3-6-10-16/h3,5-6,9-10,13-14H,2,4,7-8,11-12,15H2,1H3,(H,24,25). The minimum Gasteiger partial charge on any atom is -0.489 e. The van der Waals surface area contributed by atoms with E-state index in [4.69, 9.17) is 4.74 Å². The Bertz CT molecular complexity index is 764. The fraction of sp³-hybridized carbons (Fsp3) is 0.409. The maximum absolute atomic E-state index is 14.8. The second-order valence-electron chi connectivity index (χ2n) is 7.01. The van der Waals surface area contributed by atoms with E-state index in [1.807, 2.05) is 37.3 Å². The first kappa shape index (κ1) is 18.4. The van der Waals surface area contributed by atoms with Crippen LogP contribution in [0.1, 0.15) is 55.7 Å². The summed E-state index contributed by atoms with van der Waals surface area (Å²) in [5, 5.41) is 9.90. The molecule has 2 aromatic rings. The van der Waals surface area contributed by atoms with Crippen LogP contribution in [0.25, 0.3) is 0 Å². The van der Waals surface area contributed by atoms with E-state index < -0.39 is 11.4 Å². The van der Waals surface area contributed by atoms with E-state index in [0.717, 1.165) is 24.8 Å². The van der Waals surface area contributed by atoms with Crippen LogP contribution in [0.5, 0.6) is 5.75 Å². The van der Waals surface area contributed by atoms with Crippen LogP contribution in [0.15, 0.2) is 42.5 Å². The summed E-state index contributed by atoms with van der Waals surface area (Å²) in [6, 6.07) is 12.9. The molecule has 1 saturated carbocycles. The summed E-state index contributed by atoms with van der Waals surface area (Å²) in [5.41, 5.74) is 1.02. The van der Waals surface area contributed by atoms with Gasteiger partial charge >= 0.3 is 5.97 Å². The zero-order chi connectivity index (χ0) is 18.6. The number of rotatable bonds is 6. The zero-order valence-corrected chi connectivity index (χ0v) is 15.1. The number of ether oxygens (including phenoxy) is 1. The third-order valence-corrected chi connectivity index (χ3v) is 5.41. The molecule has 4 heteroatoms.